The van der Waals surface area contributed by atoms with Crippen LogP contribution in [0.15, 0.2) is 33.6 Å². The Balaban J connectivity index is 1.86. The zero-order valence-corrected chi connectivity index (χ0v) is 13.5. The lowest BCUT2D eigenvalue weighted by atomic mass is 10.3. The Morgan fingerprint density at radius 1 is 1.47 bits per heavy atom. The van der Waals surface area contributed by atoms with Crippen molar-refractivity contribution in [1.82, 2.24) is 10.2 Å². The van der Waals surface area contributed by atoms with E-state index in [0.717, 1.165) is 36.6 Å². The average Bonchev–Trinajstić information content (AvgIpc) is 2.94. The molecule has 19 heavy (non-hydrogen) atoms. The van der Waals surface area contributed by atoms with Gasteiger partial charge in [0.05, 0.1) is 5.00 Å². The Morgan fingerprint density at radius 3 is 2.74 bits per heavy atom. The van der Waals surface area contributed by atoms with Gasteiger partial charge in [-0.1, -0.05) is 22.5 Å². The maximum absolute atomic E-state index is 4.33. The van der Waals surface area contributed by atoms with Gasteiger partial charge in [-0.25, -0.2) is 0 Å². The number of hydrogen-bond donors (Lipinski definition) is 1. The van der Waals surface area contributed by atoms with E-state index in [1.54, 1.807) is 11.3 Å². The first-order chi connectivity index (χ1) is 9.20. The fourth-order valence-corrected chi connectivity index (χ4v) is 3.02. The van der Waals surface area contributed by atoms with Crippen LogP contribution in [0.4, 0.5) is 5.00 Å². The minimum absolute atomic E-state index is 0.706. The van der Waals surface area contributed by atoms with Gasteiger partial charge in [-0.05, 0) is 17.5 Å². The van der Waals surface area contributed by atoms with Crippen LogP contribution in [0.5, 0.6) is 0 Å². The van der Waals surface area contributed by atoms with Gasteiger partial charge in [0, 0.05) is 44.3 Å². The molecule has 1 fully saturated rings. The SMILES string of the molecule is C=C(Br)CNC(=NC)N1CCN(c2cccs2)CC1. The van der Waals surface area contributed by atoms with Crippen molar-refractivity contribution in [1.29, 1.82) is 0 Å². The van der Waals surface area contributed by atoms with E-state index in [0.29, 0.717) is 6.54 Å². The maximum atomic E-state index is 4.33. The second-order valence-corrected chi connectivity index (χ2v) is 6.39. The molecule has 1 saturated heterocycles. The summed E-state index contributed by atoms with van der Waals surface area (Å²) in [6, 6.07) is 4.29. The highest BCUT2D eigenvalue weighted by Crippen LogP contribution is 2.22. The fourth-order valence-electron chi connectivity index (χ4n) is 2.10. The van der Waals surface area contributed by atoms with Gasteiger partial charge >= 0.3 is 0 Å². The average molecular weight is 343 g/mol. The van der Waals surface area contributed by atoms with Crippen molar-refractivity contribution in [2.24, 2.45) is 4.99 Å². The summed E-state index contributed by atoms with van der Waals surface area (Å²) in [6.45, 7) is 8.59. The lowest BCUT2D eigenvalue weighted by molar-refractivity contribution is 0.375. The van der Waals surface area contributed by atoms with Crippen LogP contribution in [0, 0.1) is 0 Å². The van der Waals surface area contributed by atoms with Crippen molar-refractivity contribution in [2.45, 2.75) is 0 Å². The summed E-state index contributed by atoms with van der Waals surface area (Å²) in [5, 5.41) is 6.79. The van der Waals surface area contributed by atoms with E-state index in [-0.39, 0.29) is 0 Å². The molecule has 0 bridgehead atoms. The predicted molar refractivity (Wildman–Crippen MR) is 87.5 cm³/mol. The topological polar surface area (TPSA) is 30.9 Å². The largest absolute Gasteiger partial charge is 0.360 e. The highest BCUT2D eigenvalue weighted by Gasteiger charge is 2.19. The Kier molecular flexibility index (Phi) is 5.27. The number of halogens is 1. The molecular weight excluding hydrogens is 324 g/mol. The second kappa shape index (κ2) is 6.96. The van der Waals surface area contributed by atoms with Gasteiger partial charge in [0.1, 0.15) is 0 Å². The van der Waals surface area contributed by atoms with Gasteiger partial charge in [-0.15, -0.1) is 11.3 Å². The number of aliphatic imine (C=N–C) groups is 1. The summed E-state index contributed by atoms with van der Waals surface area (Å²) in [5.74, 6) is 0.950. The van der Waals surface area contributed by atoms with E-state index < -0.39 is 0 Å². The monoisotopic (exact) mass is 342 g/mol. The summed E-state index contributed by atoms with van der Waals surface area (Å²) in [6.07, 6.45) is 0. The molecule has 0 aliphatic carbocycles. The van der Waals surface area contributed by atoms with Crippen molar-refractivity contribution in [2.75, 3.05) is 44.7 Å². The van der Waals surface area contributed by atoms with Crippen LogP contribution in [0.3, 0.4) is 0 Å². The molecule has 104 valence electrons. The molecule has 0 amide bonds. The molecule has 4 nitrogen and oxygen atoms in total. The normalized spacial score (nSPS) is 16.6. The van der Waals surface area contributed by atoms with E-state index >= 15 is 0 Å². The Morgan fingerprint density at radius 2 is 2.21 bits per heavy atom. The van der Waals surface area contributed by atoms with Crippen molar-refractivity contribution >= 4 is 38.2 Å². The molecule has 1 aliphatic heterocycles. The van der Waals surface area contributed by atoms with Gasteiger partial charge in [0.15, 0.2) is 5.96 Å². The van der Waals surface area contributed by atoms with Gasteiger partial charge in [0.2, 0.25) is 0 Å². The number of rotatable bonds is 3. The number of nitrogens with one attached hydrogen (secondary N) is 1. The minimum Gasteiger partial charge on any atom is -0.360 e. The first-order valence-corrected chi connectivity index (χ1v) is 7.95. The molecule has 1 aliphatic rings. The molecule has 0 spiro atoms. The molecular formula is C13H19BrN4S. The Bertz CT molecular complexity index is 436. The molecule has 2 heterocycles. The van der Waals surface area contributed by atoms with Crippen molar-refractivity contribution < 1.29 is 0 Å². The highest BCUT2D eigenvalue weighted by atomic mass is 79.9. The molecule has 1 N–H and O–H groups in total. The number of anilines is 1. The highest BCUT2D eigenvalue weighted by molar-refractivity contribution is 9.11. The molecule has 0 saturated carbocycles. The van der Waals surface area contributed by atoms with Crippen LogP contribution in [-0.2, 0) is 0 Å². The molecule has 1 aromatic heterocycles. The molecule has 6 heteroatoms. The third-order valence-corrected chi connectivity index (χ3v) is 4.26. The quantitative estimate of drug-likeness (QED) is 0.675. The number of thiophene rings is 1. The number of guanidine groups is 1. The Hall–Kier alpha value is -1.01. The van der Waals surface area contributed by atoms with E-state index in [2.05, 4.69) is 60.1 Å². The standard InChI is InChI=1S/C13H19BrN4S/c1-11(14)10-16-13(15-2)18-7-5-17(6-8-18)12-4-3-9-19-12/h3-4,9H,1,5-8,10H2,2H3,(H,15,16). The molecule has 0 aromatic carbocycles. The van der Waals surface area contributed by atoms with Crippen molar-refractivity contribution in [3.8, 4) is 0 Å². The first-order valence-electron chi connectivity index (χ1n) is 6.28. The van der Waals surface area contributed by atoms with Gasteiger partial charge < -0.3 is 15.1 Å². The van der Waals surface area contributed by atoms with E-state index in [1.807, 2.05) is 7.05 Å². The summed E-state index contributed by atoms with van der Waals surface area (Å²) in [5.41, 5.74) is 0. The zero-order chi connectivity index (χ0) is 13.7. The van der Waals surface area contributed by atoms with Crippen LogP contribution >= 0.6 is 27.3 Å². The molecule has 0 unspecified atom stereocenters. The zero-order valence-electron chi connectivity index (χ0n) is 11.1. The summed E-state index contributed by atoms with van der Waals surface area (Å²) in [7, 11) is 1.82. The van der Waals surface area contributed by atoms with Crippen LogP contribution in [0.2, 0.25) is 0 Å². The summed E-state index contributed by atoms with van der Waals surface area (Å²) in [4.78, 5) is 9.05. The first kappa shape index (κ1) is 14.4. The van der Waals surface area contributed by atoms with Gasteiger partial charge in [-0.2, -0.15) is 0 Å². The molecule has 1 aromatic rings. The molecule has 0 radical (unpaired) electrons. The van der Waals surface area contributed by atoms with Crippen molar-refractivity contribution in [3.63, 3.8) is 0 Å². The van der Waals surface area contributed by atoms with E-state index in [4.69, 9.17) is 0 Å². The van der Waals surface area contributed by atoms with Gasteiger partial charge in [0.25, 0.3) is 0 Å². The van der Waals surface area contributed by atoms with E-state index in [9.17, 15) is 0 Å². The van der Waals surface area contributed by atoms with Crippen LogP contribution in [0.1, 0.15) is 0 Å². The van der Waals surface area contributed by atoms with Crippen LogP contribution < -0.4 is 10.2 Å². The third-order valence-electron chi connectivity index (χ3n) is 3.05. The Labute approximate surface area is 126 Å². The van der Waals surface area contributed by atoms with Gasteiger partial charge in [-0.3, -0.25) is 4.99 Å². The van der Waals surface area contributed by atoms with Crippen LogP contribution in [-0.4, -0.2) is 50.6 Å². The smallest absolute Gasteiger partial charge is 0.194 e. The van der Waals surface area contributed by atoms with Crippen LogP contribution in [0.25, 0.3) is 0 Å². The minimum atomic E-state index is 0.706. The molecule has 2 rings (SSSR count). The fraction of sp³-hybridized carbons (Fsp3) is 0.462. The molecule has 0 atom stereocenters. The number of piperazine rings is 1. The number of hydrogen-bond acceptors (Lipinski definition) is 3. The lowest BCUT2D eigenvalue weighted by Crippen LogP contribution is -2.52. The van der Waals surface area contributed by atoms with E-state index in [1.165, 1.54) is 5.00 Å². The summed E-state index contributed by atoms with van der Waals surface area (Å²) < 4.78 is 0.936. The van der Waals surface area contributed by atoms with Crippen molar-refractivity contribution in [3.05, 3.63) is 28.6 Å². The third kappa shape index (κ3) is 3.98. The lowest BCUT2D eigenvalue weighted by Gasteiger charge is -2.37. The predicted octanol–water partition coefficient (Wildman–Crippen LogP) is 2.35. The number of nitrogens with zero attached hydrogens (tertiary/aromatic N) is 3. The maximum Gasteiger partial charge on any atom is 0.194 e. The second-order valence-electron chi connectivity index (χ2n) is 4.34. The summed E-state index contributed by atoms with van der Waals surface area (Å²) >= 11 is 5.16.